The van der Waals surface area contributed by atoms with Gasteiger partial charge in [-0.1, -0.05) is 12.6 Å². The molecule has 0 saturated heterocycles. The number of nitrogens with zero attached hydrogens (tertiary/aromatic N) is 1. The van der Waals surface area contributed by atoms with Gasteiger partial charge in [0.15, 0.2) is 6.04 Å². The van der Waals surface area contributed by atoms with E-state index in [0.717, 1.165) is 0 Å². The van der Waals surface area contributed by atoms with E-state index in [-0.39, 0.29) is 11.5 Å². The van der Waals surface area contributed by atoms with Crippen molar-refractivity contribution < 1.29 is 19.2 Å². The average molecular weight is 330 g/mol. The van der Waals surface area contributed by atoms with Crippen LogP contribution >= 0.6 is 0 Å². The summed E-state index contributed by atoms with van der Waals surface area (Å²) in [5, 5.41) is 2.23. The van der Waals surface area contributed by atoms with Gasteiger partial charge in [-0.15, -0.1) is 0 Å². The number of nitrogens with one attached hydrogen (secondary N) is 1. The third kappa shape index (κ3) is 3.27. The Hall–Kier alpha value is -3.16. The molecule has 5 N–H and O–H groups in total. The number of fused-ring (bicyclic) bond motifs is 1. The van der Waals surface area contributed by atoms with Crippen LogP contribution in [0.25, 0.3) is 0 Å². The molecular formula is C16H18N4O4. The maximum absolute atomic E-state index is 12.4. The summed E-state index contributed by atoms with van der Waals surface area (Å²) in [6, 6.07) is 3.30. The summed E-state index contributed by atoms with van der Waals surface area (Å²) < 4.78 is 0. The summed E-state index contributed by atoms with van der Waals surface area (Å²) >= 11 is 0. The minimum atomic E-state index is -1.59. The van der Waals surface area contributed by atoms with Gasteiger partial charge in [-0.25, -0.2) is 0 Å². The van der Waals surface area contributed by atoms with Gasteiger partial charge in [0, 0.05) is 17.8 Å². The van der Waals surface area contributed by atoms with Crippen molar-refractivity contribution in [1.29, 1.82) is 0 Å². The molecule has 24 heavy (non-hydrogen) atoms. The second-order valence-corrected chi connectivity index (χ2v) is 5.31. The molecule has 2 rings (SSSR count). The molecule has 0 radical (unpaired) electrons. The van der Waals surface area contributed by atoms with Crippen LogP contribution in [0.15, 0.2) is 30.9 Å². The second kappa shape index (κ2) is 6.95. The smallest absolute Gasteiger partial charge is 0.252 e. The predicted octanol–water partition coefficient (Wildman–Crippen LogP) is -0.779. The lowest BCUT2D eigenvalue weighted by molar-refractivity contribution is -0.128. The van der Waals surface area contributed by atoms with Crippen molar-refractivity contribution in [2.24, 2.45) is 11.5 Å². The number of rotatable bonds is 5. The van der Waals surface area contributed by atoms with Crippen LogP contribution in [0.4, 0.5) is 5.69 Å². The normalized spacial score (nSPS) is 13.1. The topological polar surface area (TPSA) is 136 Å². The van der Waals surface area contributed by atoms with Crippen LogP contribution in [0, 0.1) is 0 Å². The van der Waals surface area contributed by atoms with Crippen LogP contribution in [-0.2, 0) is 20.8 Å². The number of carbonyl (C=O) groups is 4. The molecule has 126 valence electrons. The van der Waals surface area contributed by atoms with Gasteiger partial charge in [0.05, 0.1) is 0 Å². The number of benzene rings is 1. The van der Waals surface area contributed by atoms with Gasteiger partial charge in [0.25, 0.3) is 5.91 Å². The van der Waals surface area contributed by atoms with Crippen LogP contribution in [0.5, 0.6) is 0 Å². The highest BCUT2D eigenvalue weighted by molar-refractivity contribution is 6.09. The maximum atomic E-state index is 12.4. The van der Waals surface area contributed by atoms with Crippen LogP contribution in [-0.4, -0.2) is 36.2 Å². The Morgan fingerprint density at radius 3 is 2.46 bits per heavy atom. The molecular weight excluding hydrogens is 312 g/mol. The Kier molecular flexibility index (Phi) is 4.98. The molecule has 0 fully saturated rings. The lowest BCUT2D eigenvalue weighted by atomic mass is 9.95. The largest absolute Gasteiger partial charge is 0.367 e. The summed E-state index contributed by atoms with van der Waals surface area (Å²) in [5.41, 5.74) is 11.7. The van der Waals surface area contributed by atoms with Crippen molar-refractivity contribution in [3.63, 3.8) is 0 Å². The molecule has 4 amide bonds. The first kappa shape index (κ1) is 17.2. The first-order chi connectivity index (χ1) is 11.4. The van der Waals surface area contributed by atoms with Gasteiger partial charge in [0.1, 0.15) is 0 Å². The van der Waals surface area contributed by atoms with Gasteiger partial charge < -0.3 is 21.7 Å². The minimum Gasteiger partial charge on any atom is -0.367 e. The van der Waals surface area contributed by atoms with Gasteiger partial charge in [0.2, 0.25) is 17.7 Å². The van der Waals surface area contributed by atoms with Gasteiger partial charge >= 0.3 is 0 Å². The molecule has 1 aromatic carbocycles. The maximum Gasteiger partial charge on any atom is 0.252 e. The predicted molar refractivity (Wildman–Crippen MR) is 87.0 cm³/mol. The molecule has 0 atom stereocenters. The van der Waals surface area contributed by atoms with Crippen LogP contribution in [0.1, 0.15) is 22.3 Å². The standard InChI is InChI=1S/C16H18N4O4/c1-2-12(21)20-8-4-6-9-10(5-3-7-11(9)20)16(24)19-13(14(17)22)15(18)23/h2-3,5,7,13H,1,4,6,8H2,(H2,17,22)(H2,18,23)(H,19,24). The van der Waals surface area contributed by atoms with Crippen LogP contribution in [0.3, 0.4) is 0 Å². The number of anilines is 1. The molecule has 0 unspecified atom stereocenters. The third-order valence-electron chi connectivity index (χ3n) is 3.78. The Balaban J connectivity index is 2.37. The van der Waals surface area contributed by atoms with Crippen LogP contribution < -0.4 is 21.7 Å². The van der Waals surface area contributed by atoms with E-state index in [4.69, 9.17) is 11.5 Å². The minimum absolute atomic E-state index is 0.263. The molecule has 0 bridgehead atoms. The summed E-state index contributed by atoms with van der Waals surface area (Å²) in [6.45, 7) is 3.99. The van der Waals surface area contributed by atoms with Gasteiger partial charge in [-0.2, -0.15) is 0 Å². The number of hydrogen-bond donors (Lipinski definition) is 3. The first-order valence-corrected chi connectivity index (χ1v) is 7.32. The fourth-order valence-electron chi connectivity index (χ4n) is 2.67. The summed E-state index contributed by atoms with van der Waals surface area (Å²) in [7, 11) is 0. The van der Waals surface area contributed by atoms with Crippen molar-refractivity contribution in [3.05, 3.63) is 42.0 Å². The van der Waals surface area contributed by atoms with E-state index in [9.17, 15) is 19.2 Å². The number of amides is 4. The highest BCUT2D eigenvalue weighted by Gasteiger charge is 2.28. The highest BCUT2D eigenvalue weighted by atomic mass is 16.2. The molecule has 0 aliphatic carbocycles. The zero-order valence-corrected chi connectivity index (χ0v) is 13.0. The van der Waals surface area contributed by atoms with E-state index in [1.54, 1.807) is 18.2 Å². The molecule has 8 nitrogen and oxygen atoms in total. The molecule has 0 saturated carbocycles. The number of nitrogens with two attached hydrogens (primary N) is 2. The molecule has 1 heterocycles. The summed E-state index contributed by atoms with van der Waals surface area (Å²) in [4.78, 5) is 48.4. The summed E-state index contributed by atoms with van der Waals surface area (Å²) in [5.74, 6) is -2.99. The van der Waals surface area contributed by atoms with Gasteiger partial charge in [-0.3, -0.25) is 19.2 Å². The number of hydrogen-bond acceptors (Lipinski definition) is 4. The summed E-state index contributed by atoms with van der Waals surface area (Å²) in [6.07, 6.45) is 2.46. The molecule has 1 aliphatic heterocycles. The zero-order chi connectivity index (χ0) is 17.9. The lowest BCUT2D eigenvalue weighted by Gasteiger charge is -2.30. The van der Waals surface area contributed by atoms with E-state index in [2.05, 4.69) is 11.9 Å². The SMILES string of the molecule is C=CC(=O)N1CCCc2c(C(=O)NC(C(N)=O)C(N)=O)cccc21. The van der Waals surface area contributed by atoms with E-state index in [0.29, 0.717) is 30.6 Å². The number of carbonyl (C=O) groups excluding carboxylic acids is 4. The van der Waals surface area contributed by atoms with E-state index < -0.39 is 23.8 Å². The fraction of sp³-hybridized carbons (Fsp3) is 0.250. The monoisotopic (exact) mass is 330 g/mol. The average Bonchev–Trinajstić information content (AvgIpc) is 2.57. The Morgan fingerprint density at radius 1 is 1.21 bits per heavy atom. The van der Waals surface area contributed by atoms with Gasteiger partial charge in [-0.05, 0) is 36.6 Å². The van der Waals surface area contributed by atoms with Crippen LogP contribution in [0.2, 0.25) is 0 Å². The van der Waals surface area contributed by atoms with E-state index >= 15 is 0 Å². The molecule has 8 heteroatoms. The highest BCUT2D eigenvalue weighted by Crippen LogP contribution is 2.30. The van der Waals surface area contributed by atoms with Crippen molar-refractivity contribution in [3.8, 4) is 0 Å². The van der Waals surface area contributed by atoms with Crippen molar-refractivity contribution in [2.75, 3.05) is 11.4 Å². The Bertz CT molecular complexity index is 715. The van der Waals surface area contributed by atoms with E-state index in [1.165, 1.54) is 11.0 Å². The lowest BCUT2D eigenvalue weighted by Crippen LogP contribution is -2.52. The molecule has 1 aliphatic rings. The number of primary amides is 2. The van der Waals surface area contributed by atoms with Crippen molar-refractivity contribution >= 4 is 29.3 Å². The molecule has 1 aromatic rings. The zero-order valence-electron chi connectivity index (χ0n) is 13.0. The van der Waals surface area contributed by atoms with Crippen molar-refractivity contribution in [2.45, 2.75) is 18.9 Å². The van der Waals surface area contributed by atoms with E-state index in [1.807, 2.05) is 0 Å². The molecule has 0 spiro atoms. The quantitative estimate of drug-likeness (QED) is 0.482. The first-order valence-electron chi connectivity index (χ1n) is 7.32. The fourth-order valence-corrected chi connectivity index (χ4v) is 2.67. The Labute approximate surface area is 138 Å². The van der Waals surface area contributed by atoms with Crippen molar-refractivity contribution in [1.82, 2.24) is 5.32 Å². The second-order valence-electron chi connectivity index (χ2n) is 5.31. The molecule has 0 aromatic heterocycles. The third-order valence-corrected chi connectivity index (χ3v) is 3.78. The Morgan fingerprint density at radius 2 is 1.88 bits per heavy atom.